The molecular weight excluding hydrogens is 331 g/mol. The fourth-order valence-corrected chi connectivity index (χ4v) is 2.77. The zero-order chi connectivity index (χ0) is 14.2. The molecule has 0 spiro atoms. The first-order valence-electron chi connectivity index (χ1n) is 4.97. The monoisotopic (exact) mass is 336 g/mol. The molecule has 0 aliphatic heterocycles. The van der Waals surface area contributed by atoms with Gasteiger partial charge in [-0.15, -0.1) is 11.3 Å². The normalized spacial score (nSPS) is 11.9. The van der Waals surface area contributed by atoms with Gasteiger partial charge < -0.3 is 9.67 Å². The molecule has 0 radical (unpaired) electrons. The number of aromatic hydroxyl groups is 1. The quantitative estimate of drug-likeness (QED) is 0.810. The SMILES string of the molecule is Cn1ccsc1=NC(=O)c1c(O)c(Cl)cc(Cl)c1Cl. The third-order valence-corrected chi connectivity index (χ3v) is 4.24. The molecule has 1 amide bonds. The zero-order valence-corrected chi connectivity index (χ0v) is 12.6. The molecule has 1 aromatic heterocycles. The van der Waals surface area contributed by atoms with Gasteiger partial charge in [-0.05, 0) is 6.07 Å². The van der Waals surface area contributed by atoms with Crippen molar-refractivity contribution in [1.29, 1.82) is 0 Å². The zero-order valence-electron chi connectivity index (χ0n) is 9.52. The lowest BCUT2D eigenvalue weighted by Crippen LogP contribution is -2.13. The van der Waals surface area contributed by atoms with Gasteiger partial charge in [-0.2, -0.15) is 4.99 Å². The predicted molar refractivity (Wildman–Crippen MR) is 76.3 cm³/mol. The summed E-state index contributed by atoms with van der Waals surface area (Å²) in [6, 6.07) is 1.27. The molecule has 1 N–H and O–H groups in total. The number of thiazole rings is 1. The molecule has 0 aliphatic carbocycles. The molecule has 0 atom stereocenters. The highest BCUT2D eigenvalue weighted by atomic mass is 35.5. The van der Waals surface area contributed by atoms with Gasteiger partial charge in [0.2, 0.25) is 0 Å². The van der Waals surface area contributed by atoms with Crippen molar-refractivity contribution < 1.29 is 9.90 Å². The van der Waals surface area contributed by atoms with Crippen LogP contribution in [0.3, 0.4) is 0 Å². The van der Waals surface area contributed by atoms with E-state index in [-0.39, 0.29) is 20.6 Å². The summed E-state index contributed by atoms with van der Waals surface area (Å²) in [5.74, 6) is -1.13. The third-order valence-electron chi connectivity index (χ3n) is 2.32. The number of amides is 1. The number of carbonyl (C=O) groups excluding carboxylic acids is 1. The lowest BCUT2D eigenvalue weighted by atomic mass is 10.2. The van der Waals surface area contributed by atoms with Gasteiger partial charge in [0.15, 0.2) is 4.80 Å². The van der Waals surface area contributed by atoms with E-state index in [1.54, 1.807) is 23.2 Å². The largest absolute Gasteiger partial charge is 0.505 e. The van der Waals surface area contributed by atoms with Gasteiger partial charge in [0.1, 0.15) is 11.3 Å². The Morgan fingerprint density at radius 1 is 1.37 bits per heavy atom. The molecule has 100 valence electrons. The van der Waals surface area contributed by atoms with Crippen molar-refractivity contribution in [3.8, 4) is 5.75 Å². The van der Waals surface area contributed by atoms with Gasteiger partial charge in [0.25, 0.3) is 5.91 Å². The first-order chi connectivity index (χ1) is 8.91. The summed E-state index contributed by atoms with van der Waals surface area (Å²) < 4.78 is 1.67. The van der Waals surface area contributed by atoms with Gasteiger partial charge in [-0.3, -0.25) is 4.79 Å². The molecule has 2 aromatic rings. The van der Waals surface area contributed by atoms with Crippen molar-refractivity contribution in [1.82, 2.24) is 4.57 Å². The van der Waals surface area contributed by atoms with Crippen LogP contribution in [-0.4, -0.2) is 15.6 Å². The fourth-order valence-electron chi connectivity index (χ4n) is 1.36. The molecule has 8 heteroatoms. The second-order valence-electron chi connectivity index (χ2n) is 3.59. The average molecular weight is 338 g/mol. The molecule has 0 bridgehead atoms. The maximum atomic E-state index is 12.1. The standard InChI is InChI=1S/C11H7Cl3N2O2S/c1-16-2-3-19-11(16)15-10(18)7-8(14)5(12)4-6(13)9(7)17/h2-4,17H,1H3. The smallest absolute Gasteiger partial charge is 0.285 e. The molecule has 4 nitrogen and oxygen atoms in total. The Balaban J connectivity index is 2.61. The highest BCUT2D eigenvalue weighted by Crippen LogP contribution is 2.38. The predicted octanol–water partition coefficient (Wildman–Crippen LogP) is 3.49. The number of benzene rings is 1. The van der Waals surface area contributed by atoms with Crippen molar-refractivity contribution in [2.24, 2.45) is 12.0 Å². The van der Waals surface area contributed by atoms with E-state index >= 15 is 0 Å². The Bertz CT molecular complexity index is 695. The summed E-state index contributed by atoms with van der Waals surface area (Å²) in [7, 11) is 1.75. The first kappa shape index (κ1) is 14.4. The lowest BCUT2D eigenvalue weighted by Gasteiger charge is -2.06. The average Bonchev–Trinajstić information content (AvgIpc) is 2.73. The van der Waals surface area contributed by atoms with Crippen LogP contribution in [0.4, 0.5) is 0 Å². The molecule has 2 rings (SSSR count). The molecular formula is C11H7Cl3N2O2S. The number of aromatic nitrogens is 1. The number of nitrogens with zero attached hydrogens (tertiary/aromatic N) is 2. The molecule has 0 unspecified atom stereocenters. The van der Waals surface area contributed by atoms with Crippen molar-refractivity contribution in [3.05, 3.63) is 43.1 Å². The van der Waals surface area contributed by atoms with Gasteiger partial charge in [0.05, 0.1) is 15.1 Å². The minimum atomic E-state index is -0.704. The number of hydrogen-bond donors (Lipinski definition) is 1. The molecule has 0 aliphatic rings. The molecule has 1 heterocycles. The van der Waals surface area contributed by atoms with Crippen molar-refractivity contribution in [2.45, 2.75) is 0 Å². The number of rotatable bonds is 1. The molecule has 0 fully saturated rings. The van der Waals surface area contributed by atoms with E-state index in [0.29, 0.717) is 4.80 Å². The highest BCUT2D eigenvalue weighted by molar-refractivity contribution is 7.07. The second-order valence-corrected chi connectivity index (χ2v) is 5.66. The number of halogens is 3. The number of phenols is 1. The second kappa shape index (κ2) is 5.54. The maximum Gasteiger partial charge on any atom is 0.285 e. The number of hydrogen-bond acceptors (Lipinski definition) is 3. The van der Waals surface area contributed by atoms with Crippen LogP contribution in [-0.2, 0) is 7.05 Å². The van der Waals surface area contributed by atoms with Crippen LogP contribution in [0.25, 0.3) is 0 Å². The summed E-state index contributed by atoms with van der Waals surface area (Å²) in [5, 5.41) is 11.5. The van der Waals surface area contributed by atoms with Gasteiger partial charge in [0, 0.05) is 18.6 Å². The Morgan fingerprint density at radius 3 is 2.63 bits per heavy atom. The first-order valence-corrected chi connectivity index (χ1v) is 6.98. The Morgan fingerprint density at radius 2 is 2.05 bits per heavy atom. The van der Waals surface area contributed by atoms with Crippen molar-refractivity contribution >= 4 is 52.0 Å². The molecule has 19 heavy (non-hydrogen) atoms. The highest BCUT2D eigenvalue weighted by Gasteiger charge is 2.20. The Hall–Kier alpha value is -1.01. The van der Waals surface area contributed by atoms with Crippen molar-refractivity contribution in [3.63, 3.8) is 0 Å². The van der Waals surface area contributed by atoms with Crippen LogP contribution in [0.2, 0.25) is 15.1 Å². The topological polar surface area (TPSA) is 54.6 Å². The number of carbonyl (C=O) groups is 1. The maximum absolute atomic E-state index is 12.1. The lowest BCUT2D eigenvalue weighted by molar-refractivity contribution is 0.0995. The van der Waals surface area contributed by atoms with Gasteiger partial charge >= 0.3 is 0 Å². The summed E-state index contributed by atoms with van der Waals surface area (Å²) >= 11 is 18.8. The van der Waals surface area contributed by atoms with E-state index < -0.39 is 11.7 Å². The van der Waals surface area contributed by atoms with E-state index in [1.807, 2.05) is 0 Å². The summed E-state index contributed by atoms with van der Waals surface area (Å²) in [6.45, 7) is 0. The van der Waals surface area contributed by atoms with E-state index in [0.717, 1.165) is 0 Å². The number of phenolic OH excluding ortho intramolecular Hbond substituents is 1. The van der Waals surface area contributed by atoms with E-state index in [2.05, 4.69) is 4.99 Å². The minimum Gasteiger partial charge on any atom is -0.505 e. The minimum absolute atomic E-state index is 0.0523. The molecule has 0 saturated carbocycles. The van der Waals surface area contributed by atoms with E-state index in [4.69, 9.17) is 34.8 Å². The van der Waals surface area contributed by atoms with Gasteiger partial charge in [-0.1, -0.05) is 34.8 Å². The van der Waals surface area contributed by atoms with Crippen LogP contribution in [0.5, 0.6) is 5.75 Å². The van der Waals surface area contributed by atoms with Crippen LogP contribution in [0, 0.1) is 0 Å². The van der Waals surface area contributed by atoms with E-state index in [9.17, 15) is 9.90 Å². The van der Waals surface area contributed by atoms with Crippen LogP contribution < -0.4 is 4.80 Å². The summed E-state index contributed by atoms with van der Waals surface area (Å²) in [6.07, 6.45) is 1.75. The fraction of sp³-hybridized carbons (Fsp3) is 0.0909. The van der Waals surface area contributed by atoms with Crippen LogP contribution >= 0.6 is 46.1 Å². The molecule has 0 saturated heterocycles. The summed E-state index contributed by atoms with van der Waals surface area (Å²) in [4.78, 5) is 16.4. The Labute approximate surface area is 127 Å². The Kier molecular flexibility index (Phi) is 4.20. The van der Waals surface area contributed by atoms with Crippen LogP contribution in [0.15, 0.2) is 22.6 Å². The third kappa shape index (κ3) is 2.79. The number of aryl methyl sites for hydroxylation is 1. The van der Waals surface area contributed by atoms with Crippen molar-refractivity contribution in [2.75, 3.05) is 0 Å². The molecule has 1 aromatic carbocycles. The van der Waals surface area contributed by atoms with Crippen LogP contribution in [0.1, 0.15) is 10.4 Å². The summed E-state index contributed by atoms with van der Waals surface area (Å²) in [5.41, 5.74) is -0.201. The van der Waals surface area contributed by atoms with E-state index in [1.165, 1.54) is 17.4 Å². The van der Waals surface area contributed by atoms with Gasteiger partial charge in [-0.25, -0.2) is 0 Å².